The Morgan fingerprint density at radius 3 is 2.82 bits per heavy atom. The predicted octanol–water partition coefficient (Wildman–Crippen LogP) is 3.17. The molecule has 2 heterocycles. The monoisotopic (exact) mass is 231 g/mol. The van der Waals surface area contributed by atoms with E-state index in [0.717, 1.165) is 18.8 Å². The van der Waals surface area contributed by atoms with Gasteiger partial charge in [-0.05, 0) is 50.0 Å². The van der Waals surface area contributed by atoms with E-state index in [1.165, 1.54) is 43.5 Å². The standard InChI is InChI=1S/C15H21NO/c1-12(16-8-3-2-4-9-16)14-6-5-13-7-10-17-15(13)11-14/h5-6,11-12H,2-4,7-10H2,1H3. The van der Waals surface area contributed by atoms with Gasteiger partial charge in [-0.15, -0.1) is 0 Å². The number of hydrogen-bond donors (Lipinski definition) is 0. The maximum absolute atomic E-state index is 5.66. The summed E-state index contributed by atoms with van der Waals surface area (Å²) in [7, 11) is 0. The van der Waals surface area contributed by atoms with E-state index in [-0.39, 0.29) is 0 Å². The number of benzene rings is 1. The normalized spacial score (nSPS) is 21.9. The molecule has 0 aliphatic carbocycles. The van der Waals surface area contributed by atoms with E-state index >= 15 is 0 Å². The highest BCUT2D eigenvalue weighted by molar-refractivity contribution is 5.41. The second-order valence-corrected chi connectivity index (χ2v) is 5.24. The summed E-state index contributed by atoms with van der Waals surface area (Å²) in [6.45, 7) is 5.68. The molecule has 1 aromatic rings. The molecule has 1 saturated heterocycles. The molecule has 0 aromatic heterocycles. The lowest BCUT2D eigenvalue weighted by molar-refractivity contribution is 0.174. The summed E-state index contributed by atoms with van der Waals surface area (Å²) >= 11 is 0. The van der Waals surface area contributed by atoms with Crippen LogP contribution in [0.15, 0.2) is 18.2 Å². The number of fused-ring (bicyclic) bond motifs is 1. The fraction of sp³-hybridized carbons (Fsp3) is 0.600. The van der Waals surface area contributed by atoms with E-state index in [2.05, 4.69) is 30.0 Å². The van der Waals surface area contributed by atoms with E-state index in [4.69, 9.17) is 4.74 Å². The fourth-order valence-corrected chi connectivity index (χ4v) is 2.96. The first-order valence-electron chi connectivity index (χ1n) is 6.84. The molecule has 1 atom stereocenters. The van der Waals surface area contributed by atoms with E-state index in [0.29, 0.717) is 6.04 Å². The summed E-state index contributed by atoms with van der Waals surface area (Å²) < 4.78 is 5.66. The van der Waals surface area contributed by atoms with Crippen LogP contribution in [-0.4, -0.2) is 24.6 Å². The van der Waals surface area contributed by atoms with Gasteiger partial charge in [0.25, 0.3) is 0 Å². The molecule has 1 aromatic carbocycles. The zero-order valence-corrected chi connectivity index (χ0v) is 10.6. The van der Waals surface area contributed by atoms with E-state index in [9.17, 15) is 0 Å². The first-order valence-corrected chi connectivity index (χ1v) is 6.84. The Bertz CT molecular complexity index is 396. The third-order valence-electron chi connectivity index (χ3n) is 4.14. The van der Waals surface area contributed by atoms with Gasteiger partial charge in [-0.25, -0.2) is 0 Å². The summed E-state index contributed by atoms with van der Waals surface area (Å²) in [5.74, 6) is 1.12. The molecule has 1 unspecified atom stereocenters. The van der Waals surface area contributed by atoms with Crippen molar-refractivity contribution in [2.24, 2.45) is 0 Å². The van der Waals surface area contributed by atoms with Crippen molar-refractivity contribution in [3.8, 4) is 5.75 Å². The first-order chi connectivity index (χ1) is 8.34. The quantitative estimate of drug-likeness (QED) is 0.775. The van der Waals surface area contributed by atoms with Crippen LogP contribution in [0.4, 0.5) is 0 Å². The number of nitrogens with zero attached hydrogens (tertiary/aromatic N) is 1. The maximum Gasteiger partial charge on any atom is 0.122 e. The fourth-order valence-electron chi connectivity index (χ4n) is 2.96. The van der Waals surface area contributed by atoms with Crippen molar-refractivity contribution in [1.29, 1.82) is 0 Å². The molecule has 0 amide bonds. The summed E-state index contributed by atoms with van der Waals surface area (Å²) in [6, 6.07) is 7.32. The van der Waals surface area contributed by atoms with Crippen LogP contribution in [0.1, 0.15) is 43.4 Å². The molecule has 0 N–H and O–H groups in total. The minimum absolute atomic E-state index is 0.532. The summed E-state index contributed by atoms with van der Waals surface area (Å²) in [5, 5.41) is 0. The SMILES string of the molecule is CC(c1ccc2c(c1)OCC2)N1CCCCC1. The van der Waals surface area contributed by atoms with Crippen molar-refractivity contribution in [2.75, 3.05) is 19.7 Å². The first kappa shape index (κ1) is 11.1. The van der Waals surface area contributed by atoms with Gasteiger partial charge in [-0.3, -0.25) is 4.90 Å². The molecular weight excluding hydrogens is 210 g/mol. The van der Waals surface area contributed by atoms with E-state index in [1.54, 1.807) is 0 Å². The van der Waals surface area contributed by atoms with Gasteiger partial charge in [0.15, 0.2) is 0 Å². The molecule has 1 fully saturated rings. The van der Waals surface area contributed by atoms with Crippen molar-refractivity contribution >= 4 is 0 Å². The Kier molecular flexibility index (Phi) is 3.06. The summed E-state index contributed by atoms with van der Waals surface area (Å²) in [5.41, 5.74) is 2.78. The number of rotatable bonds is 2. The Morgan fingerprint density at radius 2 is 2.00 bits per heavy atom. The highest BCUT2D eigenvalue weighted by Gasteiger charge is 2.20. The van der Waals surface area contributed by atoms with Crippen LogP contribution in [-0.2, 0) is 6.42 Å². The molecular formula is C15H21NO. The van der Waals surface area contributed by atoms with Gasteiger partial charge in [0.05, 0.1) is 6.61 Å². The lowest BCUT2D eigenvalue weighted by Gasteiger charge is -2.32. The van der Waals surface area contributed by atoms with Crippen LogP contribution in [0.2, 0.25) is 0 Å². The second kappa shape index (κ2) is 4.69. The van der Waals surface area contributed by atoms with Crippen molar-refractivity contribution in [3.63, 3.8) is 0 Å². The molecule has 0 spiro atoms. The minimum Gasteiger partial charge on any atom is -0.493 e. The van der Waals surface area contributed by atoms with Crippen LogP contribution in [0.3, 0.4) is 0 Å². The average Bonchev–Trinajstić information content (AvgIpc) is 2.86. The molecule has 3 rings (SSSR count). The van der Waals surface area contributed by atoms with Gasteiger partial charge in [0, 0.05) is 12.5 Å². The Morgan fingerprint density at radius 1 is 1.18 bits per heavy atom. The van der Waals surface area contributed by atoms with Crippen LogP contribution in [0.25, 0.3) is 0 Å². The van der Waals surface area contributed by atoms with Crippen molar-refractivity contribution in [3.05, 3.63) is 29.3 Å². The average molecular weight is 231 g/mol. The Hall–Kier alpha value is -1.02. The molecule has 92 valence electrons. The molecule has 0 saturated carbocycles. The van der Waals surface area contributed by atoms with Crippen molar-refractivity contribution in [2.45, 2.75) is 38.6 Å². The zero-order chi connectivity index (χ0) is 11.7. The van der Waals surface area contributed by atoms with Gasteiger partial charge in [0.1, 0.15) is 5.75 Å². The van der Waals surface area contributed by atoms with Crippen LogP contribution in [0.5, 0.6) is 5.75 Å². The lowest BCUT2D eigenvalue weighted by atomic mass is 10.0. The second-order valence-electron chi connectivity index (χ2n) is 5.24. The molecule has 17 heavy (non-hydrogen) atoms. The van der Waals surface area contributed by atoms with Gasteiger partial charge in [0.2, 0.25) is 0 Å². The lowest BCUT2D eigenvalue weighted by Crippen LogP contribution is -2.32. The molecule has 2 aliphatic heterocycles. The highest BCUT2D eigenvalue weighted by Crippen LogP contribution is 2.31. The van der Waals surface area contributed by atoms with Gasteiger partial charge >= 0.3 is 0 Å². The number of ether oxygens (including phenoxy) is 1. The Balaban J connectivity index is 1.78. The minimum atomic E-state index is 0.532. The van der Waals surface area contributed by atoms with Crippen molar-refractivity contribution in [1.82, 2.24) is 4.90 Å². The van der Waals surface area contributed by atoms with Gasteiger partial charge < -0.3 is 4.74 Å². The molecule has 0 bridgehead atoms. The number of piperidine rings is 1. The van der Waals surface area contributed by atoms with Crippen LogP contribution >= 0.6 is 0 Å². The zero-order valence-electron chi connectivity index (χ0n) is 10.6. The van der Waals surface area contributed by atoms with Crippen LogP contribution in [0, 0.1) is 0 Å². The largest absolute Gasteiger partial charge is 0.493 e. The smallest absolute Gasteiger partial charge is 0.122 e. The van der Waals surface area contributed by atoms with Crippen LogP contribution < -0.4 is 4.74 Å². The third kappa shape index (κ3) is 2.19. The topological polar surface area (TPSA) is 12.5 Å². The number of likely N-dealkylation sites (tertiary alicyclic amines) is 1. The van der Waals surface area contributed by atoms with E-state index < -0.39 is 0 Å². The van der Waals surface area contributed by atoms with Crippen molar-refractivity contribution < 1.29 is 4.74 Å². The predicted molar refractivity (Wildman–Crippen MR) is 69.5 cm³/mol. The van der Waals surface area contributed by atoms with E-state index in [1.807, 2.05) is 0 Å². The highest BCUT2D eigenvalue weighted by atomic mass is 16.5. The molecule has 2 nitrogen and oxygen atoms in total. The molecule has 0 radical (unpaired) electrons. The Labute approximate surface area is 104 Å². The summed E-state index contributed by atoms with van der Waals surface area (Å²) in [6.07, 6.45) is 5.18. The number of hydrogen-bond acceptors (Lipinski definition) is 2. The maximum atomic E-state index is 5.66. The third-order valence-corrected chi connectivity index (χ3v) is 4.14. The summed E-state index contributed by atoms with van der Waals surface area (Å²) in [4.78, 5) is 2.60. The molecule has 2 aliphatic rings. The van der Waals surface area contributed by atoms with Gasteiger partial charge in [-0.1, -0.05) is 18.6 Å². The molecule has 2 heteroatoms. The van der Waals surface area contributed by atoms with Gasteiger partial charge in [-0.2, -0.15) is 0 Å².